The van der Waals surface area contributed by atoms with E-state index >= 15 is 0 Å². The molecule has 0 saturated carbocycles. The minimum absolute atomic E-state index is 0.0139. The molecule has 0 unspecified atom stereocenters. The Labute approximate surface area is 193 Å². The van der Waals surface area contributed by atoms with Gasteiger partial charge in [-0.05, 0) is 24.3 Å². The summed E-state index contributed by atoms with van der Waals surface area (Å²) in [5.74, 6) is -1.92. The van der Waals surface area contributed by atoms with Crippen LogP contribution in [0.1, 0.15) is 21.7 Å². The number of halogens is 3. The Hall–Kier alpha value is -4.20. The molecule has 3 heterocycles. The molecule has 0 atom stereocenters. The fourth-order valence-corrected chi connectivity index (χ4v) is 3.52. The fourth-order valence-electron chi connectivity index (χ4n) is 2.72. The Morgan fingerprint density at radius 3 is 2.41 bits per heavy atom. The molecule has 14 heteroatoms. The number of ether oxygens (including phenoxy) is 1. The zero-order chi connectivity index (χ0) is 24.9. The van der Waals surface area contributed by atoms with Crippen molar-refractivity contribution in [3.8, 4) is 22.1 Å². The molecule has 4 aromatic rings. The molecule has 0 aliphatic carbocycles. The highest BCUT2D eigenvalue weighted by Crippen LogP contribution is 2.35. The van der Waals surface area contributed by atoms with Crippen LogP contribution in [0.5, 0.6) is 5.75 Å². The number of alkyl halides is 3. The van der Waals surface area contributed by atoms with Gasteiger partial charge < -0.3 is 19.9 Å². The van der Waals surface area contributed by atoms with Crippen LogP contribution in [0.4, 0.5) is 13.2 Å². The van der Waals surface area contributed by atoms with E-state index in [-0.39, 0.29) is 11.6 Å². The number of carbonyl (C=O) groups is 2. The highest BCUT2D eigenvalue weighted by Gasteiger charge is 2.41. The first-order valence-corrected chi connectivity index (χ1v) is 10.2. The van der Waals surface area contributed by atoms with Crippen LogP contribution in [0.2, 0.25) is 0 Å². The summed E-state index contributed by atoms with van der Waals surface area (Å²) in [7, 11) is 1.52. The largest absolute Gasteiger partial charge is 0.497 e. The molecule has 0 amide bonds. The van der Waals surface area contributed by atoms with Gasteiger partial charge in [0.1, 0.15) is 11.3 Å². The molecular formula is C20H16F3N5O5S. The monoisotopic (exact) mass is 495 g/mol. The van der Waals surface area contributed by atoms with E-state index in [1.807, 2.05) is 0 Å². The molecule has 0 saturated heterocycles. The van der Waals surface area contributed by atoms with Gasteiger partial charge in [-0.1, -0.05) is 0 Å². The van der Waals surface area contributed by atoms with Gasteiger partial charge in [0.25, 0.3) is 0 Å². The number of aromatic nitrogens is 5. The Morgan fingerprint density at radius 2 is 1.88 bits per heavy atom. The maximum absolute atomic E-state index is 13.2. The molecule has 10 nitrogen and oxygen atoms in total. The number of nitrogens with zero attached hydrogens (tertiary/aromatic N) is 4. The van der Waals surface area contributed by atoms with Crippen molar-refractivity contribution < 1.29 is 37.7 Å². The summed E-state index contributed by atoms with van der Waals surface area (Å²) >= 11 is 0.928. The average Bonchev–Trinajstić information content (AvgIpc) is 3.53. The van der Waals surface area contributed by atoms with Crippen molar-refractivity contribution in [3.63, 3.8) is 0 Å². The maximum Gasteiger partial charge on any atom is 0.434 e. The fraction of sp³-hybridized carbons (Fsp3) is 0.150. The zero-order valence-corrected chi connectivity index (χ0v) is 18.1. The Kier molecular flexibility index (Phi) is 7.31. The van der Waals surface area contributed by atoms with E-state index < -0.39 is 29.4 Å². The van der Waals surface area contributed by atoms with Crippen LogP contribution in [0.3, 0.4) is 0 Å². The Bertz CT molecular complexity index is 1270. The summed E-state index contributed by atoms with van der Waals surface area (Å²) in [6.07, 6.45) is -1.25. The number of H-pyrrole nitrogens is 1. The molecule has 0 bridgehead atoms. The molecule has 4 rings (SSSR count). The number of benzene rings is 1. The highest BCUT2D eigenvalue weighted by molar-refractivity contribution is 7.12. The van der Waals surface area contributed by atoms with Crippen LogP contribution in [0.25, 0.3) is 16.4 Å². The van der Waals surface area contributed by atoms with Gasteiger partial charge in [-0.25, -0.2) is 19.4 Å². The van der Waals surface area contributed by atoms with Gasteiger partial charge in [-0.2, -0.15) is 18.3 Å². The first kappa shape index (κ1) is 24.4. The molecule has 3 aromatic heterocycles. The van der Waals surface area contributed by atoms with Crippen LogP contribution in [-0.4, -0.2) is 54.0 Å². The lowest BCUT2D eigenvalue weighted by atomic mass is 10.2. The number of hydrogen-bond donors (Lipinski definition) is 3. The first-order chi connectivity index (χ1) is 16.1. The molecule has 0 radical (unpaired) electrons. The number of aromatic amines is 1. The summed E-state index contributed by atoms with van der Waals surface area (Å²) in [6, 6.07) is 6.83. The van der Waals surface area contributed by atoms with Crippen LogP contribution in [-0.2, 0) is 17.4 Å². The van der Waals surface area contributed by atoms with E-state index in [2.05, 4.69) is 20.1 Å². The minimum Gasteiger partial charge on any atom is -0.497 e. The molecule has 3 N–H and O–H groups in total. The van der Waals surface area contributed by atoms with Gasteiger partial charge in [0, 0.05) is 22.8 Å². The van der Waals surface area contributed by atoms with E-state index in [0.29, 0.717) is 33.6 Å². The minimum atomic E-state index is -4.88. The van der Waals surface area contributed by atoms with E-state index in [1.54, 1.807) is 29.6 Å². The normalized spacial score (nSPS) is 10.9. The smallest absolute Gasteiger partial charge is 0.434 e. The molecule has 0 spiro atoms. The number of carboxylic acid groups (broad SMARTS) is 2. The van der Waals surface area contributed by atoms with Crippen molar-refractivity contribution in [2.75, 3.05) is 7.11 Å². The summed E-state index contributed by atoms with van der Waals surface area (Å²) in [6.45, 7) is 0. The molecule has 178 valence electrons. The molecule has 34 heavy (non-hydrogen) atoms. The van der Waals surface area contributed by atoms with Gasteiger partial charge >= 0.3 is 18.1 Å². The van der Waals surface area contributed by atoms with Crippen LogP contribution >= 0.6 is 11.3 Å². The van der Waals surface area contributed by atoms with Gasteiger partial charge in [-0.3, -0.25) is 4.79 Å². The van der Waals surface area contributed by atoms with E-state index in [9.17, 15) is 22.8 Å². The third kappa shape index (κ3) is 5.78. The number of rotatable bonds is 6. The lowest BCUT2D eigenvalue weighted by molar-refractivity contribution is -0.143. The number of aliphatic carboxylic acids is 1. The van der Waals surface area contributed by atoms with Gasteiger partial charge in [-0.15, -0.1) is 11.3 Å². The van der Waals surface area contributed by atoms with Crippen molar-refractivity contribution in [2.45, 2.75) is 12.6 Å². The second-order valence-electron chi connectivity index (χ2n) is 6.51. The van der Waals surface area contributed by atoms with Gasteiger partial charge in [0.05, 0.1) is 31.7 Å². The summed E-state index contributed by atoms with van der Waals surface area (Å²) in [5, 5.41) is 22.2. The van der Waals surface area contributed by atoms with Crippen molar-refractivity contribution in [1.82, 2.24) is 24.7 Å². The van der Waals surface area contributed by atoms with E-state index in [4.69, 9.17) is 14.9 Å². The predicted octanol–water partition coefficient (Wildman–Crippen LogP) is 3.76. The number of methoxy groups -OCH3 is 1. The molecule has 0 fully saturated rings. The number of carboxylic acids is 2. The average molecular weight is 495 g/mol. The SMILES string of the molecule is COc1ccc(-c2csc(-n3ncc(C(=O)O)c3C(F)(F)F)n2)cc1.O=C(O)Cc1cnc[nH]1. The van der Waals surface area contributed by atoms with Gasteiger partial charge in [0.2, 0.25) is 5.13 Å². The number of nitrogens with one attached hydrogen (secondary N) is 1. The van der Waals surface area contributed by atoms with Crippen molar-refractivity contribution in [3.05, 3.63) is 65.3 Å². The Morgan fingerprint density at radius 1 is 1.18 bits per heavy atom. The molecular weight excluding hydrogens is 479 g/mol. The summed E-state index contributed by atoms with van der Waals surface area (Å²) in [5.41, 5.74) is -0.530. The molecule has 0 aliphatic rings. The van der Waals surface area contributed by atoms with Crippen LogP contribution in [0, 0.1) is 0 Å². The second-order valence-corrected chi connectivity index (χ2v) is 7.35. The lowest BCUT2D eigenvalue weighted by Crippen LogP contribution is -2.17. The van der Waals surface area contributed by atoms with Crippen molar-refractivity contribution >= 4 is 23.3 Å². The van der Waals surface area contributed by atoms with Crippen LogP contribution < -0.4 is 4.74 Å². The van der Waals surface area contributed by atoms with Crippen molar-refractivity contribution in [1.29, 1.82) is 0 Å². The third-order valence-electron chi connectivity index (χ3n) is 4.22. The molecule has 0 aliphatic heterocycles. The van der Waals surface area contributed by atoms with Gasteiger partial charge in [0.15, 0.2) is 5.69 Å². The number of thiazole rings is 1. The number of imidazole rings is 1. The first-order valence-electron chi connectivity index (χ1n) is 9.28. The maximum atomic E-state index is 13.2. The predicted molar refractivity (Wildman–Crippen MR) is 113 cm³/mol. The summed E-state index contributed by atoms with van der Waals surface area (Å²) < 4.78 is 45.3. The third-order valence-corrected chi connectivity index (χ3v) is 5.04. The highest BCUT2D eigenvalue weighted by atomic mass is 32.1. The zero-order valence-electron chi connectivity index (χ0n) is 17.3. The van der Waals surface area contributed by atoms with E-state index in [1.165, 1.54) is 19.6 Å². The number of hydrogen-bond acceptors (Lipinski definition) is 7. The van der Waals surface area contributed by atoms with E-state index in [0.717, 1.165) is 11.3 Å². The summed E-state index contributed by atoms with van der Waals surface area (Å²) in [4.78, 5) is 31.5. The molecule has 1 aromatic carbocycles. The topological polar surface area (TPSA) is 143 Å². The Balaban J connectivity index is 0.000000302. The standard InChI is InChI=1S/C15H10F3N3O3S.C5H6N2O2/c1-24-9-4-2-8(3-5-9)11-7-25-14(20-11)21-12(15(16,17)18)10(6-19-21)13(22)23;8-5(9)1-4-2-6-3-7-4/h2-7H,1H3,(H,22,23);2-3H,1H2,(H,6,7)(H,8,9). The van der Waals surface area contributed by atoms with Crippen molar-refractivity contribution in [2.24, 2.45) is 0 Å². The number of aromatic carboxylic acids is 1. The van der Waals surface area contributed by atoms with Crippen LogP contribution in [0.15, 0.2) is 48.4 Å². The second kappa shape index (κ2) is 10.2. The lowest BCUT2D eigenvalue weighted by Gasteiger charge is -2.09. The quantitative estimate of drug-likeness (QED) is 0.367.